The molecule has 28 heavy (non-hydrogen) atoms. The number of hydrogen-bond acceptors (Lipinski definition) is 3. The Kier molecular flexibility index (Phi) is 3.54. The van der Waals surface area contributed by atoms with Crippen molar-refractivity contribution >= 4 is 16.7 Å². The summed E-state index contributed by atoms with van der Waals surface area (Å²) in [6.07, 6.45) is 10.5. The van der Waals surface area contributed by atoms with Crippen LogP contribution in [0.5, 0.6) is 0 Å². The van der Waals surface area contributed by atoms with Crippen LogP contribution < -0.4 is 11.0 Å². The molecule has 0 unspecified atom stereocenters. The van der Waals surface area contributed by atoms with Gasteiger partial charge in [-0.3, -0.25) is 9.59 Å². The van der Waals surface area contributed by atoms with Crippen LogP contribution in [0, 0.1) is 23.2 Å². The van der Waals surface area contributed by atoms with E-state index in [-0.39, 0.29) is 16.9 Å². The van der Waals surface area contributed by atoms with Gasteiger partial charge < -0.3 is 0 Å². The van der Waals surface area contributed by atoms with E-state index in [1.807, 2.05) is 24.3 Å². The summed E-state index contributed by atoms with van der Waals surface area (Å²) in [4.78, 5) is 27.1. The van der Waals surface area contributed by atoms with E-state index in [2.05, 4.69) is 10.5 Å². The zero-order chi connectivity index (χ0) is 18.9. The molecule has 1 aromatic heterocycles. The Balaban J connectivity index is 1.28. The second kappa shape index (κ2) is 5.91. The van der Waals surface area contributed by atoms with Crippen LogP contribution in [-0.2, 0) is 4.79 Å². The van der Waals surface area contributed by atoms with Crippen LogP contribution in [0.1, 0.15) is 69.4 Å². The van der Waals surface area contributed by atoms with Crippen LogP contribution in [0.3, 0.4) is 0 Å². The molecule has 7 rings (SSSR count). The number of rotatable bonds is 4. The number of carbonyl (C=O) groups is 1. The molecule has 5 aliphatic rings. The van der Waals surface area contributed by atoms with Gasteiger partial charge in [-0.15, -0.1) is 4.79 Å². The Morgan fingerprint density at radius 3 is 2.25 bits per heavy atom. The summed E-state index contributed by atoms with van der Waals surface area (Å²) < 4.78 is 0. The average molecular weight is 377 g/mol. The van der Waals surface area contributed by atoms with Gasteiger partial charge in [0.15, 0.2) is 0 Å². The fourth-order valence-electron chi connectivity index (χ4n) is 6.95. The van der Waals surface area contributed by atoms with Gasteiger partial charge in [-0.05, 0) is 80.6 Å². The highest BCUT2D eigenvalue weighted by Gasteiger charge is 2.51. The molecule has 0 radical (unpaired) electrons. The monoisotopic (exact) mass is 377 g/mol. The fraction of sp³-hybridized carbons (Fsp3) is 0.609. The Labute approximate surface area is 164 Å². The lowest BCUT2D eigenvalue weighted by Gasteiger charge is -2.56. The average Bonchev–Trinajstić information content (AvgIpc) is 3.47. The molecule has 5 heteroatoms. The van der Waals surface area contributed by atoms with Gasteiger partial charge in [-0.2, -0.15) is 5.10 Å². The van der Waals surface area contributed by atoms with Gasteiger partial charge in [0.2, 0.25) is 5.91 Å². The smallest absolute Gasteiger partial charge is 0.273 e. The Morgan fingerprint density at radius 1 is 1.04 bits per heavy atom. The lowest BCUT2D eigenvalue weighted by Crippen LogP contribution is -2.48. The van der Waals surface area contributed by atoms with E-state index < -0.39 is 0 Å². The molecular formula is C23H27N3O2. The van der Waals surface area contributed by atoms with Gasteiger partial charge in [-0.25, -0.2) is 5.43 Å². The van der Waals surface area contributed by atoms with Crippen molar-refractivity contribution in [1.29, 1.82) is 0 Å². The molecule has 5 nitrogen and oxygen atoms in total. The molecule has 0 spiro atoms. The third-order valence-corrected chi connectivity index (χ3v) is 7.73. The molecule has 146 valence electrons. The van der Waals surface area contributed by atoms with Gasteiger partial charge in [0, 0.05) is 17.7 Å². The number of amides is 1. The molecule has 1 amide bonds. The van der Waals surface area contributed by atoms with E-state index in [9.17, 15) is 9.59 Å². The second-order valence-electron chi connectivity index (χ2n) is 10.1. The number of nitrogens with one attached hydrogen (secondary N) is 1. The minimum Gasteiger partial charge on any atom is -0.273 e. The standard InChI is InChI=1S/C23H27N3O2/c27-20(13-23-10-14-7-15(11-23)9-16(8-14)12-23)24-26-22(28)19-4-2-1-3-18(19)21(25-26)17-5-6-17/h1-4,14-17H,5-13H2,(H,24,27). The van der Waals surface area contributed by atoms with Crippen LogP contribution in [0.15, 0.2) is 29.1 Å². The maximum Gasteiger partial charge on any atom is 0.294 e. The van der Waals surface area contributed by atoms with Crippen molar-refractivity contribution in [1.82, 2.24) is 9.89 Å². The zero-order valence-corrected chi connectivity index (χ0v) is 16.2. The third kappa shape index (κ3) is 2.70. The highest BCUT2D eigenvalue weighted by atomic mass is 16.2. The van der Waals surface area contributed by atoms with E-state index in [4.69, 9.17) is 0 Å². The number of hydrogen-bond donors (Lipinski definition) is 1. The Hall–Kier alpha value is -2.17. The molecule has 1 heterocycles. The van der Waals surface area contributed by atoms with Crippen molar-refractivity contribution in [3.63, 3.8) is 0 Å². The van der Waals surface area contributed by atoms with Gasteiger partial charge in [0.05, 0.1) is 11.1 Å². The number of fused-ring (bicyclic) bond motifs is 1. The third-order valence-electron chi connectivity index (χ3n) is 7.73. The summed E-state index contributed by atoms with van der Waals surface area (Å²) >= 11 is 0. The molecular weight excluding hydrogens is 350 g/mol. The molecule has 4 bridgehead atoms. The maximum absolute atomic E-state index is 13.0. The lowest BCUT2D eigenvalue weighted by atomic mass is 9.49. The molecule has 0 atom stereocenters. The molecule has 5 aliphatic carbocycles. The molecule has 2 aromatic rings. The van der Waals surface area contributed by atoms with Crippen LogP contribution in [-0.4, -0.2) is 15.8 Å². The van der Waals surface area contributed by atoms with Gasteiger partial charge in [0.25, 0.3) is 5.56 Å². The van der Waals surface area contributed by atoms with Crippen molar-refractivity contribution in [2.75, 3.05) is 5.43 Å². The van der Waals surface area contributed by atoms with Crippen LogP contribution >= 0.6 is 0 Å². The summed E-state index contributed by atoms with van der Waals surface area (Å²) in [6, 6.07) is 7.64. The predicted octanol–water partition coefficient (Wildman–Crippen LogP) is 3.95. The summed E-state index contributed by atoms with van der Waals surface area (Å²) in [7, 11) is 0. The summed E-state index contributed by atoms with van der Waals surface area (Å²) in [5.41, 5.74) is 3.75. The van der Waals surface area contributed by atoms with Crippen LogP contribution in [0.25, 0.3) is 10.8 Å². The largest absolute Gasteiger partial charge is 0.294 e. The molecule has 1 aromatic carbocycles. The number of nitrogens with zero attached hydrogens (tertiary/aromatic N) is 2. The van der Waals surface area contributed by atoms with E-state index in [0.717, 1.165) is 41.7 Å². The quantitative estimate of drug-likeness (QED) is 0.877. The first kappa shape index (κ1) is 16.8. The minimum absolute atomic E-state index is 0.0476. The maximum atomic E-state index is 13.0. The van der Waals surface area contributed by atoms with Crippen LogP contribution in [0.4, 0.5) is 0 Å². The first-order chi connectivity index (χ1) is 13.6. The fourth-order valence-corrected chi connectivity index (χ4v) is 6.95. The summed E-state index contributed by atoms with van der Waals surface area (Å²) in [6.45, 7) is 0. The van der Waals surface area contributed by atoms with Crippen molar-refractivity contribution in [2.24, 2.45) is 23.2 Å². The first-order valence-corrected chi connectivity index (χ1v) is 10.9. The van der Waals surface area contributed by atoms with E-state index in [1.54, 1.807) is 0 Å². The normalized spacial score (nSPS) is 33.4. The Morgan fingerprint density at radius 2 is 1.64 bits per heavy atom. The van der Waals surface area contributed by atoms with E-state index >= 15 is 0 Å². The minimum atomic E-state index is -0.223. The van der Waals surface area contributed by atoms with Crippen LogP contribution in [0.2, 0.25) is 0 Å². The molecule has 5 saturated carbocycles. The van der Waals surface area contributed by atoms with Crippen molar-refractivity contribution in [3.8, 4) is 0 Å². The Bertz CT molecular complexity index is 985. The zero-order valence-electron chi connectivity index (χ0n) is 16.2. The summed E-state index contributed by atoms with van der Waals surface area (Å²) in [5.74, 6) is 2.83. The summed E-state index contributed by atoms with van der Waals surface area (Å²) in [5, 5.41) is 6.15. The highest BCUT2D eigenvalue weighted by Crippen LogP contribution is 2.61. The SMILES string of the molecule is O=C(CC12CC3CC(CC(C3)C1)C2)Nn1nc(C2CC2)c2ccccc2c1=O. The number of aromatic nitrogens is 2. The predicted molar refractivity (Wildman–Crippen MR) is 108 cm³/mol. The topological polar surface area (TPSA) is 64.0 Å². The van der Waals surface area contributed by atoms with E-state index in [0.29, 0.717) is 17.7 Å². The van der Waals surface area contributed by atoms with Crippen molar-refractivity contribution in [3.05, 3.63) is 40.3 Å². The molecule has 5 fully saturated rings. The number of carbonyl (C=O) groups excluding carboxylic acids is 1. The van der Waals surface area contributed by atoms with Crippen molar-refractivity contribution < 1.29 is 4.79 Å². The highest BCUT2D eigenvalue weighted by molar-refractivity contribution is 5.86. The number of benzene rings is 1. The molecule has 0 saturated heterocycles. The lowest BCUT2D eigenvalue weighted by molar-refractivity contribution is -0.125. The molecule has 0 aliphatic heterocycles. The van der Waals surface area contributed by atoms with Gasteiger partial charge in [-0.1, -0.05) is 18.2 Å². The first-order valence-electron chi connectivity index (χ1n) is 10.9. The second-order valence-corrected chi connectivity index (χ2v) is 10.1. The van der Waals surface area contributed by atoms with Gasteiger partial charge >= 0.3 is 0 Å². The van der Waals surface area contributed by atoms with Gasteiger partial charge in [0.1, 0.15) is 0 Å². The van der Waals surface area contributed by atoms with Crippen molar-refractivity contribution in [2.45, 2.75) is 63.7 Å². The van der Waals surface area contributed by atoms with E-state index in [1.165, 1.54) is 43.3 Å². The molecule has 1 N–H and O–H groups in total.